The Labute approximate surface area is 94.1 Å². The molecule has 16 heavy (non-hydrogen) atoms. The van der Waals surface area contributed by atoms with Crippen LogP contribution in [0.4, 0.5) is 0 Å². The van der Waals surface area contributed by atoms with Gasteiger partial charge in [0.15, 0.2) is 5.82 Å². The summed E-state index contributed by atoms with van der Waals surface area (Å²) in [6, 6.07) is -0.307. The quantitative estimate of drug-likeness (QED) is 0.673. The van der Waals surface area contributed by atoms with Gasteiger partial charge in [-0.05, 0) is 6.92 Å². The molecule has 1 aromatic rings. The lowest BCUT2D eigenvalue weighted by molar-refractivity contribution is -0.122. The predicted molar refractivity (Wildman–Crippen MR) is 58.5 cm³/mol. The van der Waals surface area contributed by atoms with Crippen molar-refractivity contribution in [2.45, 2.75) is 26.4 Å². The Morgan fingerprint density at radius 1 is 1.69 bits per heavy atom. The van der Waals surface area contributed by atoms with Crippen LogP contribution in [0.5, 0.6) is 0 Å². The molecular weight excluding hydrogens is 208 g/mol. The molecule has 0 bridgehead atoms. The Hall–Kier alpha value is -1.69. The van der Waals surface area contributed by atoms with Crippen LogP contribution in [-0.4, -0.2) is 28.6 Å². The first-order valence-corrected chi connectivity index (χ1v) is 5.04. The molecule has 2 N–H and O–H groups in total. The van der Waals surface area contributed by atoms with E-state index >= 15 is 0 Å². The molecule has 0 radical (unpaired) electrons. The fourth-order valence-corrected chi connectivity index (χ4v) is 1.08. The zero-order valence-electron chi connectivity index (χ0n) is 9.49. The maximum Gasteiger partial charge on any atom is 0.237 e. The van der Waals surface area contributed by atoms with E-state index in [0.29, 0.717) is 24.8 Å². The standard InChI is InChI=1S/C10H16N4O2/c1-4-5-11-10(15)7(2)12-6-9-13-8(3)16-14-9/h4,7,12H,1,5-6H2,2-3H3,(H,11,15). The maximum atomic E-state index is 11.4. The average molecular weight is 224 g/mol. The summed E-state index contributed by atoms with van der Waals surface area (Å²) in [5, 5.41) is 9.39. The minimum absolute atomic E-state index is 0.0832. The molecule has 0 aliphatic rings. The summed E-state index contributed by atoms with van der Waals surface area (Å²) in [7, 11) is 0. The molecule has 1 atom stereocenters. The van der Waals surface area contributed by atoms with E-state index in [-0.39, 0.29) is 11.9 Å². The molecule has 0 aliphatic heterocycles. The summed E-state index contributed by atoms with van der Waals surface area (Å²) in [5.41, 5.74) is 0. The number of aromatic nitrogens is 2. The topological polar surface area (TPSA) is 80.0 Å². The zero-order chi connectivity index (χ0) is 12.0. The number of rotatable bonds is 6. The second-order valence-corrected chi connectivity index (χ2v) is 3.37. The van der Waals surface area contributed by atoms with Crippen molar-refractivity contribution in [1.82, 2.24) is 20.8 Å². The first kappa shape index (κ1) is 12.4. The van der Waals surface area contributed by atoms with Crippen molar-refractivity contribution in [3.63, 3.8) is 0 Å². The van der Waals surface area contributed by atoms with Gasteiger partial charge < -0.3 is 9.84 Å². The average Bonchev–Trinajstić information content (AvgIpc) is 2.68. The van der Waals surface area contributed by atoms with E-state index in [4.69, 9.17) is 4.52 Å². The molecule has 6 heteroatoms. The second-order valence-electron chi connectivity index (χ2n) is 3.37. The molecule has 0 aliphatic carbocycles. The second kappa shape index (κ2) is 6.02. The molecule has 1 heterocycles. The highest BCUT2D eigenvalue weighted by Gasteiger charge is 2.12. The molecule has 1 amide bonds. The summed E-state index contributed by atoms with van der Waals surface area (Å²) in [5.74, 6) is 0.974. The fourth-order valence-electron chi connectivity index (χ4n) is 1.08. The Morgan fingerprint density at radius 3 is 3.00 bits per heavy atom. The van der Waals surface area contributed by atoms with Gasteiger partial charge >= 0.3 is 0 Å². The number of hydrogen-bond donors (Lipinski definition) is 2. The number of hydrogen-bond acceptors (Lipinski definition) is 5. The van der Waals surface area contributed by atoms with E-state index in [0.717, 1.165) is 0 Å². The summed E-state index contributed by atoms with van der Waals surface area (Å²) < 4.78 is 4.81. The third-order valence-electron chi connectivity index (χ3n) is 1.95. The number of aryl methyl sites for hydroxylation is 1. The Kier molecular flexibility index (Phi) is 4.65. The van der Waals surface area contributed by atoms with Gasteiger partial charge in [-0.1, -0.05) is 11.2 Å². The van der Waals surface area contributed by atoms with Gasteiger partial charge in [0, 0.05) is 13.5 Å². The highest BCUT2D eigenvalue weighted by atomic mass is 16.5. The van der Waals surface area contributed by atoms with E-state index in [9.17, 15) is 4.79 Å². The smallest absolute Gasteiger partial charge is 0.237 e. The maximum absolute atomic E-state index is 11.4. The van der Waals surface area contributed by atoms with Crippen molar-refractivity contribution in [2.75, 3.05) is 6.54 Å². The molecule has 88 valence electrons. The van der Waals surface area contributed by atoms with Crippen LogP contribution in [-0.2, 0) is 11.3 Å². The lowest BCUT2D eigenvalue weighted by Gasteiger charge is -2.11. The minimum Gasteiger partial charge on any atom is -0.351 e. The summed E-state index contributed by atoms with van der Waals surface area (Å²) >= 11 is 0. The third-order valence-corrected chi connectivity index (χ3v) is 1.95. The van der Waals surface area contributed by atoms with Gasteiger partial charge in [-0.15, -0.1) is 6.58 Å². The highest BCUT2D eigenvalue weighted by Crippen LogP contribution is 1.94. The number of nitrogens with one attached hydrogen (secondary N) is 2. The number of carbonyl (C=O) groups excluding carboxylic acids is 1. The molecule has 0 aromatic carbocycles. The molecule has 0 spiro atoms. The van der Waals surface area contributed by atoms with Gasteiger partial charge in [-0.25, -0.2) is 0 Å². The van der Waals surface area contributed by atoms with Gasteiger partial charge in [0.2, 0.25) is 11.8 Å². The first-order chi connectivity index (χ1) is 7.63. The van der Waals surface area contributed by atoms with Gasteiger partial charge in [0.1, 0.15) is 0 Å². The molecule has 6 nitrogen and oxygen atoms in total. The number of carbonyl (C=O) groups is 1. The van der Waals surface area contributed by atoms with Crippen molar-refractivity contribution in [1.29, 1.82) is 0 Å². The van der Waals surface area contributed by atoms with E-state index in [1.54, 1.807) is 19.9 Å². The SMILES string of the molecule is C=CCNC(=O)C(C)NCc1noc(C)n1. The van der Waals surface area contributed by atoms with Crippen molar-refractivity contribution >= 4 is 5.91 Å². The van der Waals surface area contributed by atoms with Crippen LogP contribution in [0.25, 0.3) is 0 Å². The van der Waals surface area contributed by atoms with Crippen LogP contribution >= 0.6 is 0 Å². The lowest BCUT2D eigenvalue weighted by Crippen LogP contribution is -2.41. The molecular formula is C10H16N4O2. The van der Waals surface area contributed by atoms with Gasteiger partial charge in [-0.2, -0.15) is 4.98 Å². The van der Waals surface area contributed by atoms with Crippen molar-refractivity contribution in [2.24, 2.45) is 0 Å². The van der Waals surface area contributed by atoms with Crippen LogP contribution in [0.15, 0.2) is 17.2 Å². The predicted octanol–water partition coefficient (Wildman–Crippen LogP) is 0.158. The molecule has 1 aromatic heterocycles. The molecule has 0 saturated heterocycles. The Balaban J connectivity index is 2.31. The number of nitrogens with zero attached hydrogens (tertiary/aromatic N) is 2. The van der Waals surface area contributed by atoms with Crippen LogP contribution in [0, 0.1) is 6.92 Å². The summed E-state index contributed by atoms with van der Waals surface area (Å²) in [4.78, 5) is 15.5. The van der Waals surface area contributed by atoms with Gasteiger partial charge in [0.25, 0.3) is 0 Å². The van der Waals surface area contributed by atoms with Crippen molar-refractivity contribution in [3.8, 4) is 0 Å². The fraction of sp³-hybridized carbons (Fsp3) is 0.500. The van der Waals surface area contributed by atoms with Crippen LogP contribution in [0.2, 0.25) is 0 Å². The monoisotopic (exact) mass is 224 g/mol. The summed E-state index contributed by atoms with van der Waals surface area (Å²) in [6.07, 6.45) is 1.63. The van der Waals surface area contributed by atoms with E-state index < -0.39 is 0 Å². The minimum atomic E-state index is -0.307. The van der Waals surface area contributed by atoms with E-state index in [2.05, 4.69) is 27.4 Å². The molecule has 0 fully saturated rings. The van der Waals surface area contributed by atoms with Crippen LogP contribution in [0.3, 0.4) is 0 Å². The molecule has 1 unspecified atom stereocenters. The Bertz CT molecular complexity index is 361. The van der Waals surface area contributed by atoms with E-state index in [1.807, 2.05) is 0 Å². The molecule has 0 saturated carbocycles. The number of amides is 1. The first-order valence-electron chi connectivity index (χ1n) is 5.04. The van der Waals surface area contributed by atoms with Gasteiger partial charge in [0.05, 0.1) is 12.6 Å². The largest absolute Gasteiger partial charge is 0.351 e. The lowest BCUT2D eigenvalue weighted by atomic mass is 10.3. The third kappa shape index (κ3) is 3.82. The van der Waals surface area contributed by atoms with Crippen LogP contribution < -0.4 is 10.6 Å². The van der Waals surface area contributed by atoms with Gasteiger partial charge in [-0.3, -0.25) is 10.1 Å². The van der Waals surface area contributed by atoms with Crippen molar-refractivity contribution < 1.29 is 9.32 Å². The normalized spacial score (nSPS) is 12.1. The Morgan fingerprint density at radius 2 is 2.44 bits per heavy atom. The van der Waals surface area contributed by atoms with E-state index in [1.165, 1.54) is 0 Å². The highest BCUT2D eigenvalue weighted by molar-refractivity contribution is 5.81. The van der Waals surface area contributed by atoms with Crippen molar-refractivity contribution in [3.05, 3.63) is 24.4 Å². The van der Waals surface area contributed by atoms with Crippen LogP contribution in [0.1, 0.15) is 18.6 Å². The molecule has 1 rings (SSSR count). The zero-order valence-corrected chi connectivity index (χ0v) is 9.49. The summed E-state index contributed by atoms with van der Waals surface area (Å²) in [6.45, 7) is 7.88.